The van der Waals surface area contributed by atoms with Crippen molar-refractivity contribution in [3.8, 4) is 0 Å². The van der Waals surface area contributed by atoms with Crippen molar-refractivity contribution in [2.45, 2.75) is 25.6 Å². The molecule has 0 fully saturated rings. The number of benzene rings is 1. The van der Waals surface area contributed by atoms with E-state index in [-0.39, 0.29) is 6.42 Å². The monoisotopic (exact) mass is 265 g/mol. The Bertz CT molecular complexity index is 389. The summed E-state index contributed by atoms with van der Waals surface area (Å²) in [4.78, 5) is 10.7. The van der Waals surface area contributed by atoms with Crippen molar-refractivity contribution in [3.63, 3.8) is 0 Å². The van der Waals surface area contributed by atoms with E-state index < -0.39 is 18.1 Å². The highest BCUT2D eigenvalue weighted by atomic mass is 35.5. The number of nitrogens with one attached hydrogen (secondary N) is 1. The first-order valence-electron chi connectivity index (χ1n) is 4.87. The largest absolute Gasteiger partial charge is 0.408 e. The summed E-state index contributed by atoms with van der Waals surface area (Å²) in [5, 5.41) is 2.34. The highest BCUT2D eigenvalue weighted by molar-refractivity contribution is 6.30. The summed E-state index contributed by atoms with van der Waals surface area (Å²) in [5.74, 6) is -0.707. The van der Waals surface area contributed by atoms with Crippen LogP contribution in [0.3, 0.4) is 0 Å². The molecule has 94 valence electrons. The van der Waals surface area contributed by atoms with E-state index in [0.29, 0.717) is 10.6 Å². The van der Waals surface area contributed by atoms with Crippen LogP contribution in [0.1, 0.15) is 12.5 Å². The maximum absolute atomic E-state index is 12.6. The zero-order chi connectivity index (χ0) is 13.1. The van der Waals surface area contributed by atoms with Gasteiger partial charge in [0, 0.05) is 18.4 Å². The summed E-state index contributed by atoms with van der Waals surface area (Å²) in [5.41, 5.74) is 0.463. The number of amides is 1. The highest BCUT2D eigenvalue weighted by Crippen LogP contribution is 2.23. The van der Waals surface area contributed by atoms with E-state index in [1.54, 1.807) is 0 Å². The van der Waals surface area contributed by atoms with Crippen LogP contribution in [-0.2, 0) is 11.2 Å². The molecule has 1 N–H and O–H groups in total. The predicted molar refractivity (Wildman–Crippen MR) is 58.8 cm³/mol. The molecule has 0 aromatic heterocycles. The lowest BCUT2D eigenvalue weighted by atomic mass is 10.1. The standard InChI is InChI=1S/C11H11ClF3NO/c1-7(17)16-10(11(13,14)15)6-8-2-4-9(12)5-3-8/h2-5,10H,6H2,1H3,(H,16,17)/t10-/m0/s1. The first-order chi connectivity index (χ1) is 7.79. The van der Waals surface area contributed by atoms with Gasteiger partial charge in [-0.05, 0) is 17.7 Å². The minimum atomic E-state index is -4.47. The third-order valence-electron chi connectivity index (χ3n) is 2.13. The number of alkyl halides is 3. The maximum atomic E-state index is 12.6. The molecule has 0 heterocycles. The summed E-state index contributed by atoms with van der Waals surface area (Å²) >= 11 is 5.63. The second-order valence-electron chi connectivity index (χ2n) is 3.63. The Kier molecular flexibility index (Phi) is 4.40. The van der Waals surface area contributed by atoms with Crippen molar-refractivity contribution in [1.29, 1.82) is 0 Å². The van der Waals surface area contributed by atoms with E-state index in [9.17, 15) is 18.0 Å². The Balaban J connectivity index is 2.79. The van der Waals surface area contributed by atoms with Crippen LogP contribution in [0, 0.1) is 0 Å². The van der Waals surface area contributed by atoms with Gasteiger partial charge in [-0.25, -0.2) is 0 Å². The van der Waals surface area contributed by atoms with Gasteiger partial charge in [0.15, 0.2) is 0 Å². The van der Waals surface area contributed by atoms with Crippen molar-refractivity contribution in [1.82, 2.24) is 5.32 Å². The number of carbonyl (C=O) groups excluding carboxylic acids is 1. The summed E-state index contributed by atoms with van der Waals surface area (Å²) in [7, 11) is 0. The van der Waals surface area contributed by atoms with Crippen LogP contribution in [0.2, 0.25) is 5.02 Å². The molecule has 1 aromatic carbocycles. The molecular formula is C11H11ClF3NO. The normalized spacial score (nSPS) is 13.2. The van der Waals surface area contributed by atoms with E-state index in [2.05, 4.69) is 0 Å². The van der Waals surface area contributed by atoms with Crippen LogP contribution >= 0.6 is 11.6 Å². The molecule has 1 atom stereocenters. The number of halogens is 4. The Hall–Kier alpha value is -1.23. The Morgan fingerprint density at radius 2 is 1.88 bits per heavy atom. The SMILES string of the molecule is CC(=O)N[C@@H](Cc1ccc(Cl)cc1)C(F)(F)F. The second-order valence-corrected chi connectivity index (χ2v) is 4.06. The smallest absolute Gasteiger partial charge is 0.344 e. The third kappa shape index (κ3) is 4.65. The number of carbonyl (C=O) groups is 1. The number of rotatable bonds is 3. The zero-order valence-corrected chi connectivity index (χ0v) is 9.77. The number of hydrogen-bond donors (Lipinski definition) is 1. The van der Waals surface area contributed by atoms with Crippen molar-refractivity contribution >= 4 is 17.5 Å². The minimum absolute atomic E-state index is 0.305. The Morgan fingerprint density at radius 3 is 2.29 bits per heavy atom. The van der Waals surface area contributed by atoms with Gasteiger partial charge in [-0.1, -0.05) is 23.7 Å². The van der Waals surface area contributed by atoms with Crippen LogP contribution in [0.4, 0.5) is 13.2 Å². The van der Waals surface area contributed by atoms with Crippen molar-refractivity contribution in [3.05, 3.63) is 34.9 Å². The van der Waals surface area contributed by atoms with Gasteiger partial charge in [-0.15, -0.1) is 0 Å². The highest BCUT2D eigenvalue weighted by Gasteiger charge is 2.40. The molecule has 1 amide bonds. The topological polar surface area (TPSA) is 29.1 Å². The lowest BCUT2D eigenvalue weighted by Crippen LogP contribution is -2.46. The Labute approximate surface area is 102 Å². The van der Waals surface area contributed by atoms with E-state index in [1.165, 1.54) is 24.3 Å². The van der Waals surface area contributed by atoms with Crippen LogP contribution in [0.25, 0.3) is 0 Å². The molecule has 1 aromatic rings. The lowest BCUT2D eigenvalue weighted by Gasteiger charge is -2.21. The summed E-state index contributed by atoms with van der Waals surface area (Å²) in [6.07, 6.45) is -4.77. The average molecular weight is 266 g/mol. The van der Waals surface area contributed by atoms with E-state index >= 15 is 0 Å². The van der Waals surface area contributed by atoms with Crippen LogP contribution in [-0.4, -0.2) is 18.1 Å². The van der Waals surface area contributed by atoms with Crippen LogP contribution < -0.4 is 5.32 Å². The zero-order valence-electron chi connectivity index (χ0n) is 9.01. The van der Waals surface area contributed by atoms with Gasteiger partial charge in [0.2, 0.25) is 5.91 Å². The first-order valence-corrected chi connectivity index (χ1v) is 5.25. The van der Waals surface area contributed by atoms with E-state index in [0.717, 1.165) is 6.92 Å². The second kappa shape index (κ2) is 5.40. The molecule has 1 rings (SSSR count). The molecule has 0 saturated heterocycles. The molecule has 0 radical (unpaired) electrons. The molecule has 0 aliphatic rings. The van der Waals surface area contributed by atoms with Crippen molar-refractivity contribution < 1.29 is 18.0 Å². The molecule has 0 saturated carbocycles. The molecule has 0 aliphatic carbocycles. The van der Waals surface area contributed by atoms with Gasteiger partial charge < -0.3 is 5.32 Å². The molecule has 0 spiro atoms. The summed E-state index contributed by atoms with van der Waals surface area (Å²) in [6.45, 7) is 1.06. The van der Waals surface area contributed by atoms with Gasteiger partial charge in [0.1, 0.15) is 6.04 Å². The number of hydrogen-bond acceptors (Lipinski definition) is 1. The fraction of sp³-hybridized carbons (Fsp3) is 0.364. The third-order valence-corrected chi connectivity index (χ3v) is 2.38. The molecule has 2 nitrogen and oxygen atoms in total. The quantitative estimate of drug-likeness (QED) is 0.894. The molecule has 0 unspecified atom stereocenters. The van der Waals surface area contributed by atoms with E-state index in [1.807, 2.05) is 5.32 Å². The maximum Gasteiger partial charge on any atom is 0.408 e. The van der Waals surface area contributed by atoms with Gasteiger partial charge in [0.25, 0.3) is 0 Å². The van der Waals surface area contributed by atoms with E-state index in [4.69, 9.17) is 11.6 Å². The molecule has 0 bridgehead atoms. The predicted octanol–water partition coefficient (Wildman–Crippen LogP) is 2.95. The Morgan fingerprint density at radius 1 is 1.35 bits per heavy atom. The molecule has 17 heavy (non-hydrogen) atoms. The van der Waals surface area contributed by atoms with Crippen LogP contribution in [0.15, 0.2) is 24.3 Å². The summed E-state index contributed by atoms with van der Waals surface area (Å²) < 4.78 is 37.8. The van der Waals surface area contributed by atoms with Gasteiger partial charge >= 0.3 is 6.18 Å². The van der Waals surface area contributed by atoms with Gasteiger partial charge in [-0.3, -0.25) is 4.79 Å². The van der Waals surface area contributed by atoms with Crippen molar-refractivity contribution in [2.75, 3.05) is 0 Å². The van der Waals surface area contributed by atoms with Gasteiger partial charge in [0.05, 0.1) is 0 Å². The first kappa shape index (κ1) is 13.8. The molecule has 0 aliphatic heterocycles. The summed E-state index contributed by atoms with van der Waals surface area (Å²) in [6, 6.07) is 4.16. The minimum Gasteiger partial charge on any atom is -0.344 e. The molecule has 6 heteroatoms. The van der Waals surface area contributed by atoms with Gasteiger partial charge in [-0.2, -0.15) is 13.2 Å². The van der Waals surface area contributed by atoms with Crippen molar-refractivity contribution in [2.24, 2.45) is 0 Å². The fourth-order valence-electron chi connectivity index (χ4n) is 1.35. The lowest BCUT2D eigenvalue weighted by molar-refractivity contribution is -0.160. The van der Waals surface area contributed by atoms with Crippen LogP contribution in [0.5, 0.6) is 0 Å². The fourth-order valence-corrected chi connectivity index (χ4v) is 1.48. The molecular weight excluding hydrogens is 255 g/mol. The average Bonchev–Trinajstić information content (AvgIpc) is 2.18.